The minimum atomic E-state index is -0.493. The fourth-order valence-corrected chi connectivity index (χ4v) is 1.29. The van der Waals surface area contributed by atoms with E-state index in [9.17, 15) is 4.79 Å². The van der Waals surface area contributed by atoms with Crippen molar-refractivity contribution < 1.29 is 4.79 Å². The third kappa shape index (κ3) is 4.62. The first-order valence-corrected chi connectivity index (χ1v) is 5.91. The summed E-state index contributed by atoms with van der Waals surface area (Å²) >= 11 is 11.2. The van der Waals surface area contributed by atoms with Gasteiger partial charge in [0, 0.05) is 29.8 Å². The first-order valence-electron chi connectivity index (χ1n) is 5.00. The number of pyridine rings is 1. The Kier molecular flexibility index (Phi) is 5.98. The van der Waals surface area contributed by atoms with E-state index >= 15 is 0 Å². The third-order valence-electron chi connectivity index (χ3n) is 1.83. The molecule has 0 aliphatic heterocycles. The molecule has 1 heterocycles. The van der Waals surface area contributed by atoms with Crippen LogP contribution in [0.3, 0.4) is 0 Å². The van der Waals surface area contributed by atoms with Crippen molar-refractivity contribution in [3.8, 4) is 6.07 Å². The summed E-state index contributed by atoms with van der Waals surface area (Å²) in [6.07, 6.45) is 2.78. The zero-order chi connectivity index (χ0) is 13.4. The van der Waals surface area contributed by atoms with Gasteiger partial charge in [-0.3, -0.25) is 4.79 Å². The molecule has 1 aromatic heterocycles. The summed E-state index contributed by atoms with van der Waals surface area (Å²) in [5.41, 5.74) is -0.0677. The highest BCUT2D eigenvalue weighted by atomic mass is 35.5. The molecule has 1 amide bonds. The molecule has 0 radical (unpaired) electrons. The molecule has 0 spiro atoms. The third-order valence-corrected chi connectivity index (χ3v) is 2.26. The summed E-state index contributed by atoms with van der Waals surface area (Å²) in [7, 11) is 0. The van der Waals surface area contributed by atoms with Crippen molar-refractivity contribution in [3.63, 3.8) is 0 Å². The lowest BCUT2D eigenvalue weighted by molar-refractivity contribution is -0.117. The van der Waals surface area contributed by atoms with Crippen molar-refractivity contribution in [2.45, 2.75) is 0 Å². The van der Waals surface area contributed by atoms with E-state index < -0.39 is 5.91 Å². The van der Waals surface area contributed by atoms with Crippen LogP contribution in [0.1, 0.15) is 0 Å². The molecule has 0 unspecified atom stereocenters. The molecule has 7 heteroatoms. The number of hydrogen-bond donors (Lipinski definition) is 2. The Bertz CT molecular complexity index is 496. The van der Waals surface area contributed by atoms with E-state index in [2.05, 4.69) is 15.6 Å². The van der Waals surface area contributed by atoms with Crippen LogP contribution in [0.2, 0.25) is 5.02 Å². The minimum Gasteiger partial charge on any atom is -0.350 e. The molecule has 94 valence electrons. The van der Waals surface area contributed by atoms with E-state index in [1.807, 2.05) is 0 Å². The number of anilines is 1. The zero-order valence-electron chi connectivity index (χ0n) is 9.28. The van der Waals surface area contributed by atoms with Crippen molar-refractivity contribution in [2.75, 3.05) is 17.7 Å². The van der Waals surface area contributed by atoms with Gasteiger partial charge in [-0.05, 0) is 12.1 Å². The van der Waals surface area contributed by atoms with Crippen LogP contribution in [0.25, 0.3) is 0 Å². The van der Waals surface area contributed by atoms with E-state index in [1.54, 1.807) is 18.2 Å². The number of halogens is 2. The quantitative estimate of drug-likeness (QED) is 0.492. The topological polar surface area (TPSA) is 77.8 Å². The number of amides is 1. The van der Waals surface area contributed by atoms with Gasteiger partial charge in [-0.1, -0.05) is 11.6 Å². The van der Waals surface area contributed by atoms with Gasteiger partial charge in [-0.25, -0.2) is 4.98 Å². The highest BCUT2D eigenvalue weighted by Crippen LogP contribution is 2.11. The molecule has 0 saturated heterocycles. The van der Waals surface area contributed by atoms with Crippen LogP contribution in [0, 0.1) is 11.3 Å². The van der Waals surface area contributed by atoms with Crippen LogP contribution >= 0.6 is 23.2 Å². The molecule has 2 N–H and O–H groups in total. The summed E-state index contributed by atoms with van der Waals surface area (Å²) in [4.78, 5) is 15.4. The molecule has 5 nitrogen and oxygen atoms in total. The molecule has 0 aliphatic carbocycles. The number of nitrogens with zero attached hydrogens (tertiary/aromatic N) is 2. The summed E-state index contributed by atoms with van der Waals surface area (Å²) < 4.78 is 0. The molecule has 0 fully saturated rings. The van der Waals surface area contributed by atoms with Gasteiger partial charge in [-0.2, -0.15) is 5.26 Å². The van der Waals surface area contributed by atoms with Gasteiger partial charge >= 0.3 is 0 Å². The lowest BCUT2D eigenvalue weighted by atomic mass is 10.3. The second-order valence-corrected chi connectivity index (χ2v) is 3.93. The maximum absolute atomic E-state index is 11.5. The molecular weight excluding hydrogens is 275 g/mol. The lowest BCUT2D eigenvalue weighted by Crippen LogP contribution is -2.26. The Labute approximate surface area is 114 Å². The molecule has 18 heavy (non-hydrogen) atoms. The molecule has 1 aromatic rings. The highest BCUT2D eigenvalue weighted by molar-refractivity contribution is 6.30. The summed E-state index contributed by atoms with van der Waals surface area (Å²) in [5.74, 6) is 0.237. The Balaban J connectivity index is 2.69. The number of rotatable bonds is 5. The second-order valence-electron chi connectivity index (χ2n) is 3.12. The smallest absolute Gasteiger partial charge is 0.263 e. The van der Waals surface area contributed by atoms with Crippen molar-refractivity contribution in [3.05, 3.63) is 35.1 Å². The van der Waals surface area contributed by atoms with E-state index in [0.29, 0.717) is 17.4 Å². The van der Waals surface area contributed by atoms with Crippen molar-refractivity contribution in [1.82, 2.24) is 10.3 Å². The monoisotopic (exact) mass is 284 g/mol. The second kappa shape index (κ2) is 7.54. The predicted molar refractivity (Wildman–Crippen MR) is 70.3 cm³/mol. The number of alkyl halides is 1. The van der Waals surface area contributed by atoms with Crippen LogP contribution in [0.5, 0.6) is 0 Å². The zero-order valence-corrected chi connectivity index (χ0v) is 10.8. The van der Waals surface area contributed by atoms with Gasteiger partial charge in [0.1, 0.15) is 17.5 Å². The molecule has 0 atom stereocenters. The number of nitrogens with one attached hydrogen (secondary N) is 2. The number of nitriles is 1. The highest BCUT2D eigenvalue weighted by Gasteiger charge is 2.07. The van der Waals surface area contributed by atoms with Crippen LogP contribution in [0.4, 0.5) is 5.82 Å². The molecule has 1 rings (SSSR count). The van der Waals surface area contributed by atoms with E-state index in [0.717, 1.165) is 0 Å². The van der Waals surface area contributed by atoms with E-state index in [-0.39, 0.29) is 11.5 Å². The number of hydrogen-bond acceptors (Lipinski definition) is 4. The van der Waals surface area contributed by atoms with Crippen LogP contribution < -0.4 is 10.6 Å². The Hall–Kier alpha value is -1.77. The number of carbonyl (C=O) groups excluding carboxylic acids is 1. The number of aromatic nitrogens is 1. The largest absolute Gasteiger partial charge is 0.350 e. The van der Waals surface area contributed by atoms with Crippen LogP contribution in [-0.2, 0) is 4.79 Å². The maximum atomic E-state index is 11.5. The average Bonchev–Trinajstić information content (AvgIpc) is 2.37. The summed E-state index contributed by atoms with van der Waals surface area (Å²) in [6, 6.07) is 4.97. The Morgan fingerprint density at radius 1 is 1.61 bits per heavy atom. The Morgan fingerprint density at radius 3 is 3.00 bits per heavy atom. The lowest BCUT2D eigenvalue weighted by Gasteiger charge is -2.03. The molecule has 0 aliphatic rings. The van der Waals surface area contributed by atoms with Gasteiger partial charge in [-0.15, -0.1) is 11.6 Å². The van der Waals surface area contributed by atoms with Crippen molar-refractivity contribution in [2.24, 2.45) is 0 Å². The summed E-state index contributed by atoms with van der Waals surface area (Å²) in [6.45, 7) is 0.300. The molecule has 0 bridgehead atoms. The van der Waals surface area contributed by atoms with Crippen molar-refractivity contribution in [1.29, 1.82) is 5.26 Å². The van der Waals surface area contributed by atoms with Crippen LogP contribution in [0.15, 0.2) is 30.1 Å². The minimum absolute atomic E-state index is 0.0677. The first kappa shape index (κ1) is 14.3. The van der Waals surface area contributed by atoms with Crippen LogP contribution in [-0.4, -0.2) is 23.3 Å². The standard InChI is InChI=1S/C11H10Cl2N4O/c12-2-4-16-11(18)8(6-14)7-17-10-5-9(13)1-3-15-10/h1,3,5,7H,2,4H2,(H,15,17)(H,16,18)/b8-7-. The van der Waals surface area contributed by atoms with Gasteiger partial charge in [0.15, 0.2) is 0 Å². The molecular formula is C11H10Cl2N4O. The molecule has 0 saturated carbocycles. The molecule has 0 aromatic carbocycles. The first-order chi connectivity index (χ1) is 8.67. The fourth-order valence-electron chi connectivity index (χ4n) is 1.03. The predicted octanol–water partition coefficient (Wildman–Crippen LogP) is 1.91. The van der Waals surface area contributed by atoms with Gasteiger partial charge in [0.05, 0.1) is 0 Å². The van der Waals surface area contributed by atoms with Gasteiger partial charge in [0.2, 0.25) is 0 Å². The Morgan fingerprint density at radius 2 is 2.39 bits per heavy atom. The number of carbonyl (C=O) groups is 1. The normalized spacial score (nSPS) is 10.6. The van der Waals surface area contributed by atoms with Gasteiger partial charge < -0.3 is 10.6 Å². The maximum Gasteiger partial charge on any atom is 0.263 e. The SMILES string of the molecule is N#C/C(=C/Nc1cc(Cl)ccn1)C(=O)NCCCl. The van der Waals surface area contributed by atoms with Gasteiger partial charge in [0.25, 0.3) is 5.91 Å². The van der Waals surface area contributed by atoms with Crippen molar-refractivity contribution >= 4 is 34.9 Å². The van der Waals surface area contributed by atoms with E-state index in [4.69, 9.17) is 28.5 Å². The fraction of sp³-hybridized carbons (Fsp3) is 0.182. The average molecular weight is 285 g/mol. The summed E-state index contributed by atoms with van der Waals surface area (Å²) in [5, 5.41) is 14.5. The van der Waals surface area contributed by atoms with E-state index in [1.165, 1.54) is 12.4 Å².